The van der Waals surface area contributed by atoms with Crippen molar-refractivity contribution in [1.29, 1.82) is 0 Å². The van der Waals surface area contributed by atoms with Crippen LogP contribution in [0.15, 0.2) is 36.4 Å². The molecule has 3 amide bonds. The highest BCUT2D eigenvalue weighted by molar-refractivity contribution is 6.04. The van der Waals surface area contributed by atoms with Crippen LogP contribution in [0.1, 0.15) is 48.2 Å². The maximum absolute atomic E-state index is 12.9. The molecule has 3 N–H and O–H groups in total. The van der Waals surface area contributed by atoms with Crippen molar-refractivity contribution in [3.63, 3.8) is 0 Å². The number of carbonyl (C=O) groups excluding carboxylic acids is 2. The molecular weight excluding hydrogens is 376 g/mol. The first-order valence-corrected chi connectivity index (χ1v) is 10.7. The Balaban J connectivity index is 1.76. The van der Waals surface area contributed by atoms with E-state index in [4.69, 9.17) is 0 Å². The van der Waals surface area contributed by atoms with Crippen LogP contribution >= 0.6 is 0 Å². The molecule has 6 heteroatoms. The van der Waals surface area contributed by atoms with Gasteiger partial charge in [-0.1, -0.05) is 19.9 Å². The third-order valence-electron chi connectivity index (χ3n) is 5.38. The number of hydrogen-bond acceptors (Lipinski definition) is 3. The number of nitrogens with zero attached hydrogens (tertiary/aromatic N) is 1. The monoisotopic (exact) mass is 408 g/mol. The molecule has 0 radical (unpaired) electrons. The number of hydrogen-bond donors (Lipinski definition) is 3. The SMILES string of the molecule is Cc1ccc(NC(=O)Nc2ccc(N3CCCC3)c(C(=O)NCC(C)C)c2)cc1C. The second-order valence-electron chi connectivity index (χ2n) is 8.41. The summed E-state index contributed by atoms with van der Waals surface area (Å²) >= 11 is 0. The summed E-state index contributed by atoms with van der Waals surface area (Å²) in [6, 6.07) is 11.0. The number of benzene rings is 2. The fourth-order valence-corrected chi connectivity index (χ4v) is 3.53. The van der Waals surface area contributed by atoms with Gasteiger partial charge in [0, 0.05) is 36.7 Å². The second-order valence-corrected chi connectivity index (χ2v) is 8.41. The van der Waals surface area contributed by atoms with Crippen molar-refractivity contribution in [3.8, 4) is 0 Å². The van der Waals surface area contributed by atoms with Gasteiger partial charge < -0.3 is 20.9 Å². The number of aryl methyl sites for hydroxylation is 2. The molecule has 160 valence electrons. The van der Waals surface area contributed by atoms with E-state index in [0.29, 0.717) is 23.7 Å². The van der Waals surface area contributed by atoms with Gasteiger partial charge in [-0.05, 0) is 74.1 Å². The summed E-state index contributed by atoms with van der Waals surface area (Å²) in [5.41, 5.74) is 5.14. The van der Waals surface area contributed by atoms with Crippen LogP contribution in [0.4, 0.5) is 21.9 Å². The molecule has 6 nitrogen and oxygen atoms in total. The summed E-state index contributed by atoms with van der Waals surface area (Å²) in [7, 11) is 0. The van der Waals surface area contributed by atoms with Crippen LogP contribution in [0, 0.1) is 19.8 Å². The molecule has 0 atom stereocenters. The smallest absolute Gasteiger partial charge is 0.323 e. The molecule has 0 unspecified atom stereocenters. The normalized spacial score (nSPS) is 13.4. The lowest BCUT2D eigenvalue weighted by atomic mass is 10.1. The van der Waals surface area contributed by atoms with Gasteiger partial charge >= 0.3 is 6.03 Å². The lowest BCUT2D eigenvalue weighted by Gasteiger charge is -2.22. The average Bonchev–Trinajstić information content (AvgIpc) is 3.23. The van der Waals surface area contributed by atoms with Gasteiger partial charge in [-0.15, -0.1) is 0 Å². The van der Waals surface area contributed by atoms with E-state index in [1.54, 1.807) is 6.07 Å². The highest BCUT2D eigenvalue weighted by atomic mass is 16.2. The number of urea groups is 1. The summed E-state index contributed by atoms with van der Waals surface area (Å²) in [6.45, 7) is 10.7. The van der Waals surface area contributed by atoms with E-state index >= 15 is 0 Å². The van der Waals surface area contributed by atoms with Crippen LogP contribution in [0.5, 0.6) is 0 Å². The topological polar surface area (TPSA) is 73.5 Å². The Morgan fingerprint density at radius 1 is 0.933 bits per heavy atom. The van der Waals surface area contributed by atoms with E-state index in [9.17, 15) is 9.59 Å². The van der Waals surface area contributed by atoms with E-state index in [2.05, 4.69) is 34.7 Å². The molecule has 3 rings (SSSR count). The zero-order valence-corrected chi connectivity index (χ0v) is 18.3. The molecule has 1 heterocycles. The number of amides is 3. The van der Waals surface area contributed by atoms with Gasteiger partial charge in [0.1, 0.15) is 0 Å². The first kappa shape index (κ1) is 21.7. The number of rotatable bonds is 6. The van der Waals surface area contributed by atoms with Gasteiger partial charge in [0.25, 0.3) is 5.91 Å². The molecule has 0 saturated carbocycles. The standard InChI is InChI=1S/C24H32N4O2/c1-16(2)15-25-23(29)21-14-20(9-10-22(21)28-11-5-6-12-28)27-24(30)26-19-8-7-17(3)18(4)13-19/h7-10,13-14,16H,5-6,11-12,15H2,1-4H3,(H,25,29)(H2,26,27,30). The molecule has 30 heavy (non-hydrogen) atoms. The summed E-state index contributed by atoms with van der Waals surface area (Å²) in [4.78, 5) is 27.6. The van der Waals surface area contributed by atoms with E-state index in [1.807, 2.05) is 44.2 Å². The van der Waals surface area contributed by atoms with E-state index in [0.717, 1.165) is 42.9 Å². The van der Waals surface area contributed by atoms with Crippen LogP contribution < -0.4 is 20.9 Å². The lowest BCUT2D eigenvalue weighted by molar-refractivity contribution is 0.0949. The summed E-state index contributed by atoms with van der Waals surface area (Å²) in [6.07, 6.45) is 2.26. The Hall–Kier alpha value is -3.02. The minimum absolute atomic E-state index is 0.108. The van der Waals surface area contributed by atoms with Crippen molar-refractivity contribution in [3.05, 3.63) is 53.1 Å². The molecule has 1 aliphatic rings. The van der Waals surface area contributed by atoms with Crippen LogP contribution in [0.3, 0.4) is 0 Å². The van der Waals surface area contributed by atoms with Crippen molar-refractivity contribution in [2.75, 3.05) is 35.2 Å². The van der Waals surface area contributed by atoms with Crippen LogP contribution in [-0.2, 0) is 0 Å². The van der Waals surface area contributed by atoms with Crippen LogP contribution in [0.25, 0.3) is 0 Å². The molecule has 1 aliphatic heterocycles. The Labute approximate surface area is 179 Å². The van der Waals surface area contributed by atoms with Gasteiger partial charge in [0.2, 0.25) is 0 Å². The molecule has 0 aliphatic carbocycles. The average molecular weight is 409 g/mol. The fourth-order valence-electron chi connectivity index (χ4n) is 3.53. The zero-order chi connectivity index (χ0) is 21.7. The molecule has 0 bridgehead atoms. The van der Waals surface area contributed by atoms with Crippen molar-refractivity contribution in [1.82, 2.24) is 5.32 Å². The van der Waals surface area contributed by atoms with Crippen LogP contribution in [0.2, 0.25) is 0 Å². The summed E-state index contributed by atoms with van der Waals surface area (Å²) in [5, 5.41) is 8.71. The molecule has 0 spiro atoms. The first-order valence-electron chi connectivity index (χ1n) is 10.7. The van der Waals surface area contributed by atoms with Crippen LogP contribution in [-0.4, -0.2) is 31.6 Å². The van der Waals surface area contributed by atoms with Gasteiger partial charge in [-0.2, -0.15) is 0 Å². The minimum atomic E-state index is -0.333. The predicted octanol–water partition coefficient (Wildman–Crippen LogP) is 4.93. The maximum Gasteiger partial charge on any atom is 0.323 e. The first-order chi connectivity index (χ1) is 14.3. The van der Waals surface area contributed by atoms with Gasteiger partial charge in [0.15, 0.2) is 0 Å². The molecule has 1 fully saturated rings. The Kier molecular flexibility index (Phi) is 6.98. The van der Waals surface area contributed by atoms with Gasteiger partial charge in [0.05, 0.1) is 5.56 Å². The number of anilines is 3. The highest BCUT2D eigenvalue weighted by Crippen LogP contribution is 2.28. The summed E-state index contributed by atoms with van der Waals surface area (Å²) in [5.74, 6) is 0.262. The number of nitrogens with one attached hydrogen (secondary N) is 3. The van der Waals surface area contributed by atoms with Crippen molar-refractivity contribution >= 4 is 29.0 Å². The molecule has 0 aromatic heterocycles. The maximum atomic E-state index is 12.9. The largest absolute Gasteiger partial charge is 0.371 e. The Morgan fingerprint density at radius 3 is 2.20 bits per heavy atom. The second kappa shape index (κ2) is 9.65. The molecular formula is C24H32N4O2. The van der Waals surface area contributed by atoms with E-state index in [1.165, 1.54) is 5.56 Å². The number of carbonyl (C=O) groups is 2. The third kappa shape index (κ3) is 5.53. The quantitative estimate of drug-likeness (QED) is 0.634. The van der Waals surface area contributed by atoms with Crippen molar-refractivity contribution in [2.24, 2.45) is 5.92 Å². The highest BCUT2D eigenvalue weighted by Gasteiger charge is 2.20. The zero-order valence-electron chi connectivity index (χ0n) is 18.3. The third-order valence-corrected chi connectivity index (χ3v) is 5.38. The molecule has 2 aromatic carbocycles. The predicted molar refractivity (Wildman–Crippen MR) is 124 cm³/mol. The van der Waals surface area contributed by atoms with E-state index < -0.39 is 0 Å². The lowest BCUT2D eigenvalue weighted by Crippen LogP contribution is -2.30. The van der Waals surface area contributed by atoms with Crippen molar-refractivity contribution < 1.29 is 9.59 Å². The molecule has 2 aromatic rings. The fraction of sp³-hybridized carbons (Fsp3) is 0.417. The summed E-state index contributed by atoms with van der Waals surface area (Å²) < 4.78 is 0. The van der Waals surface area contributed by atoms with E-state index in [-0.39, 0.29) is 11.9 Å². The van der Waals surface area contributed by atoms with Gasteiger partial charge in [-0.3, -0.25) is 4.79 Å². The Bertz CT molecular complexity index is 917. The minimum Gasteiger partial charge on any atom is -0.371 e. The van der Waals surface area contributed by atoms with Crippen molar-refractivity contribution in [2.45, 2.75) is 40.5 Å². The van der Waals surface area contributed by atoms with Gasteiger partial charge in [-0.25, -0.2) is 4.79 Å². The Morgan fingerprint density at radius 2 is 1.57 bits per heavy atom. The molecule has 1 saturated heterocycles.